The molecule has 38 heavy (non-hydrogen) atoms. The minimum absolute atomic E-state index is 0.0744. The van der Waals surface area contributed by atoms with E-state index in [-0.39, 0.29) is 69.1 Å². The van der Waals surface area contributed by atoms with Gasteiger partial charge in [-0.3, -0.25) is 14.5 Å². The van der Waals surface area contributed by atoms with Crippen LogP contribution in [0.25, 0.3) is 0 Å². The number of rotatable bonds is 10. The highest BCUT2D eigenvalue weighted by Gasteiger charge is 2.43. The third kappa shape index (κ3) is 5.69. The van der Waals surface area contributed by atoms with Crippen LogP contribution < -0.4 is 37.9 Å². The van der Waals surface area contributed by atoms with Crippen molar-refractivity contribution in [1.82, 2.24) is 20.3 Å². The molecule has 1 unspecified atom stereocenters. The van der Waals surface area contributed by atoms with E-state index < -0.39 is 11.9 Å². The third-order valence-corrected chi connectivity index (χ3v) is 8.01. The van der Waals surface area contributed by atoms with Gasteiger partial charge in [0, 0.05) is 16.9 Å². The number of hydrazine groups is 1. The standard InChI is InChI=1S/C20H20N10O5S3/c1-2-3-35-27-15(10-8-37-19(23)24-10)17(32)26-28-30-12(22)4-11(21)25-20(30)38-7-9-6-36-14-5-13(31)29(14)16(9)18(33)34/h1,4,8,14H,3,5-7H2,(H8,21,22,23,24,26,27,28,32,33,34). The van der Waals surface area contributed by atoms with E-state index in [0.717, 1.165) is 23.1 Å². The molecule has 1 saturated heterocycles. The first-order valence-corrected chi connectivity index (χ1v) is 13.5. The first-order chi connectivity index (χ1) is 18.2. The van der Waals surface area contributed by atoms with Crippen molar-refractivity contribution in [2.24, 2.45) is 5.16 Å². The number of thiazole rings is 1. The summed E-state index contributed by atoms with van der Waals surface area (Å²) in [5.74, 6) is 0.434. The molecular weight excluding hydrogens is 556 g/mol. The topological polar surface area (TPSA) is 231 Å². The van der Waals surface area contributed by atoms with Crippen molar-refractivity contribution in [3.8, 4) is 12.3 Å². The van der Waals surface area contributed by atoms with Crippen molar-refractivity contribution < 1.29 is 29.0 Å². The average Bonchev–Trinajstić information content (AvgIpc) is 3.29. The lowest BCUT2D eigenvalue weighted by molar-refractivity contribution is -0.682. The molecule has 1 fully saturated rings. The SMILES string of the molecule is C#CCO/N=C(\C(=O)NN[n+]1c(N)cc(N)nc1SCC1=C(C(=O)[O-])N2C(=O)CC2SC1)c1csc(N)n1. The number of β-lactam (4-membered cyclic amide) rings is 1. The number of hydrogen-bond donors (Lipinski definition) is 5. The number of nitrogens with two attached hydrogens (primary N) is 3. The Labute approximate surface area is 227 Å². The third-order valence-electron chi connectivity index (χ3n) is 5.04. The number of oxime groups is 1. The molecule has 0 saturated carbocycles. The van der Waals surface area contributed by atoms with Gasteiger partial charge in [0.2, 0.25) is 17.5 Å². The van der Waals surface area contributed by atoms with E-state index in [9.17, 15) is 19.5 Å². The lowest BCUT2D eigenvalue weighted by atomic mass is 10.1. The zero-order chi connectivity index (χ0) is 27.4. The summed E-state index contributed by atoms with van der Waals surface area (Å²) >= 11 is 3.64. The first-order valence-electron chi connectivity index (χ1n) is 10.6. The zero-order valence-corrected chi connectivity index (χ0v) is 21.8. The number of thioether (sulfide) groups is 2. The van der Waals surface area contributed by atoms with Crippen molar-refractivity contribution in [3.63, 3.8) is 0 Å². The average molecular weight is 577 g/mol. The Kier molecular flexibility index (Phi) is 8.09. The number of nitrogens with zero attached hydrogens (tertiary/aromatic N) is 5. The molecule has 0 bridgehead atoms. The molecule has 0 spiro atoms. The van der Waals surface area contributed by atoms with Crippen LogP contribution in [0.2, 0.25) is 0 Å². The van der Waals surface area contributed by atoms with Crippen LogP contribution in [0.1, 0.15) is 12.1 Å². The van der Waals surface area contributed by atoms with Crippen LogP contribution in [0.4, 0.5) is 16.8 Å². The molecule has 8 N–H and O–H groups in total. The Morgan fingerprint density at radius 3 is 2.84 bits per heavy atom. The summed E-state index contributed by atoms with van der Waals surface area (Å²) in [6, 6.07) is 1.35. The number of amides is 2. The molecule has 0 aromatic carbocycles. The zero-order valence-electron chi connectivity index (χ0n) is 19.4. The minimum Gasteiger partial charge on any atom is -0.543 e. The molecule has 4 rings (SSSR count). The van der Waals surface area contributed by atoms with Crippen LogP contribution in [0.15, 0.2) is 33.0 Å². The molecule has 4 heterocycles. The van der Waals surface area contributed by atoms with Crippen molar-refractivity contribution >= 4 is 75.1 Å². The lowest BCUT2D eigenvalue weighted by Crippen LogP contribution is -2.58. The van der Waals surface area contributed by atoms with Gasteiger partial charge in [-0.1, -0.05) is 16.1 Å². The largest absolute Gasteiger partial charge is 0.543 e. The number of hydrogen-bond acceptors (Lipinski definition) is 15. The fraction of sp³-hybridized carbons (Fsp3) is 0.250. The van der Waals surface area contributed by atoms with Gasteiger partial charge in [0.1, 0.15) is 5.69 Å². The van der Waals surface area contributed by atoms with E-state index in [2.05, 4.69) is 32.0 Å². The maximum Gasteiger partial charge on any atom is 0.324 e. The van der Waals surface area contributed by atoms with Gasteiger partial charge in [0.25, 0.3) is 5.91 Å². The van der Waals surface area contributed by atoms with Gasteiger partial charge < -0.3 is 31.9 Å². The first kappa shape index (κ1) is 26.8. The van der Waals surface area contributed by atoms with Crippen LogP contribution in [-0.2, 0) is 19.2 Å². The number of carboxylic acids is 1. The van der Waals surface area contributed by atoms with E-state index >= 15 is 0 Å². The second-order valence-corrected chi connectivity index (χ2v) is 10.5. The molecule has 2 aliphatic rings. The summed E-state index contributed by atoms with van der Waals surface area (Å²) in [6.45, 7) is -0.181. The molecule has 2 aromatic heterocycles. The molecule has 1 atom stereocenters. The summed E-state index contributed by atoms with van der Waals surface area (Å²) in [4.78, 5) is 51.1. The van der Waals surface area contributed by atoms with E-state index in [0.29, 0.717) is 11.3 Å². The van der Waals surface area contributed by atoms with Crippen molar-refractivity contribution in [3.05, 3.63) is 28.4 Å². The second-order valence-electron chi connectivity index (χ2n) is 7.54. The molecule has 0 aliphatic carbocycles. The predicted octanol–water partition coefficient (Wildman–Crippen LogP) is -2.40. The van der Waals surface area contributed by atoms with Crippen LogP contribution in [0.3, 0.4) is 0 Å². The van der Waals surface area contributed by atoms with E-state index in [4.69, 9.17) is 28.5 Å². The van der Waals surface area contributed by atoms with Gasteiger partial charge in [0.15, 0.2) is 17.5 Å². The van der Waals surface area contributed by atoms with Gasteiger partial charge in [-0.15, -0.1) is 34.2 Å². The summed E-state index contributed by atoms with van der Waals surface area (Å²) in [6.07, 6.45) is 5.44. The van der Waals surface area contributed by atoms with Crippen LogP contribution >= 0.6 is 34.9 Å². The maximum absolute atomic E-state index is 12.9. The minimum atomic E-state index is -1.43. The quantitative estimate of drug-likeness (QED) is 0.0291. The maximum atomic E-state index is 12.9. The Balaban J connectivity index is 1.53. The fourth-order valence-electron chi connectivity index (χ4n) is 3.36. The van der Waals surface area contributed by atoms with E-state index in [1.165, 1.54) is 32.8 Å². The Morgan fingerprint density at radius 2 is 2.18 bits per heavy atom. The van der Waals surface area contributed by atoms with Crippen molar-refractivity contribution in [1.29, 1.82) is 0 Å². The van der Waals surface area contributed by atoms with Crippen LogP contribution in [-0.4, -0.2) is 61.8 Å². The van der Waals surface area contributed by atoms with Crippen molar-refractivity contribution in [2.75, 3.05) is 40.8 Å². The number of carboxylic acid groups (broad SMARTS) is 1. The summed E-state index contributed by atoms with van der Waals surface area (Å²) in [7, 11) is 0. The second kappa shape index (κ2) is 11.5. The van der Waals surface area contributed by atoms with Gasteiger partial charge in [-0.25, -0.2) is 10.4 Å². The molecular formula is C20H20N10O5S3. The van der Waals surface area contributed by atoms with Crippen LogP contribution in [0.5, 0.6) is 0 Å². The lowest BCUT2D eigenvalue weighted by Gasteiger charge is -2.45. The predicted molar refractivity (Wildman–Crippen MR) is 139 cm³/mol. The fourth-order valence-corrected chi connectivity index (χ4v) is 6.29. The molecule has 2 aromatic rings. The molecule has 2 aliphatic heterocycles. The summed E-state index contributed by atoms with van der Waals surface area (Å²) in [5.41, 5.74) is 22.9. The van der Waals surface area contributed by atoms with Gasteiger partial charge in [-0.05, 0) is 17.3 Å². The number of carbonyl (C=O) groups is 3. The van der Waals surface area contributed by atoms with Gasteiger partial charge in [-0.2, -0.15) is 5.53 Å². The number of aliphatic carboxylic acids is 1. The van der Waals surface area contributed by atoms with Crippen LogP contribution in [0, 0.1) is 12.3 Å². The highest BCUT2D eigenvalue weighted by Crippen LogP contribution is 2.40. The summed E-state index contributed by atoms with van der Waals surface area (Å²) < 4.78 is 1.22. The Bertz CT molecular complexity index is 1400. The number of fused-ring (bicyclic) bond motifs is 1. The molecule has 18 heteroatoms. The highest BCUT2D eigenvalue weighted by molar-refractivity contribution is 8.00. The van der Waals surface area contributed by atoms with Gasteiger partial charge >= 0.3 is 5.16 Å². The number of nitrogen functional groups attached to an aromatic ring is 3. The molecule has 2 amide bonds. The van der Waals surface area contributed by atoms with E-state index in [1.807, 2.05) is 0 Å². The highest BCUT2D eigenvalue weighted by atomic mass is 32.2. The number of anilines is 3. The molecule has 0 radical (unpaired) electrons. The Morgan fingerprint density at radius 1 is 1.39 bits per heavy atom. The number of carbonyl (C=O) groups excluding carboxylic acids is 3. The Hall–Kier alpha value is -4.21. The molecule has 198 valence electrons. The number of terminal acetylenes is 1. The molecule has 15 nitrogen and oxygen atoms in total. The van der Waals surface area contributed by atoms with Crippen molar-refractivity contribution in [2.45, 2.75) is 17.0 Å². The summed E-state index contributed by atoms with van der Waals surface area (Å²) in [5, 5.41) is 17.2. The number of aromatic nitrogens is 3. The smallest absolute Gasteiger partial charge is 0.324 e. The monoisotopic (exact) mass is 576 g/mol. The van der Waals surface area contributed by atoms with Gasteiger partial charge in [0.05, 0.1) is 29.5 Å². The van der Waals surface area contributed by atoms with E-state index in [1.54, 1.807) is 0 Å². The normalized spacial score (nSPS) is 16.8. The number of nitrogens with one attached hydrogen (secondary N) is 2.